The molecule has 0 spiro atoms. The van der Waals surface area contributed by atoms with Crippen LogP contribution in [-0.4, -0.2) is 119 Å². The maximum absolute atomic E-state index is 12.9. The summed E-state index contributed by atoms with van der Waals surface area (Å²) in [4.78, 5) is 26.4. The Morgan fingerprint density at radius 2 is 0.992 bits per heavy atom. The number of pyridine rings is 2. The molecule has 15 aromatic rings. The largest absolute Gasteiger partial charge is 1.00 e. The molecule has 4 aromatic heterocycles. The van der Waals surface area contributed by atoms with Crippen LogP contribution in [0, 0.1) is 12.7 Å². The van der Waals surface area contributed by atoms with E-state index in [0.717, 1.165) is 159 Å². The minimum Gasteiger partial charge on any atom is -1.00 e. The molecule has 131 heavy (non-hydrogen) atoms. The van der Waals surface area contributed by atoms with Crippen molar-refractivity contribution in [2.45, 2.75) is 127 Å². The maximum Gasteiger partial charge on any atom is 0.494 e. The summed E-state index contributed by atoms with van der Waals surface area (Å²) in [7, 11) is -1.08. The second-order valence-corrected chi connectivity index (χ2v) is 36.8. The van der Waals surface area contributed by atoms with Crippen molar-refractivity contribution in [3.63, 3.8) is 0 Å². The van der Waals surface area contributed by atoms with Crippen LogP contribution < -0.4 is 74.9 Å². The number of rotatable bonds is 14. The van der Waals surface area contributed by atoms with E-state index in [9.17, 15) is 24.5 Å². The molecule has 8 aliphatic heterocycles. The van der Waals surface area contributed by atoms with Gasteiger partial charge in [-0.05, 0) is 234 Å². The van der Waals surface area contributed by atoms with Crippen LogP contribution in [0.4, 0.5) is 16.0 Å². The first-order valence-electron chi connectivity index (χ1n) is 44.2. The van der Waals surface area contributed by atoms with Crippen molar-refractivity contribution >= 4 is 156 Å². The standard InChI is InChI=1S/C22H17BClNOS.C16H19BN4O.2C15H15BO2.2C13H12BNOS.C7H6BFO2.ClH/c24-16-7-9-21-19(12-16)22(27-18-4-2-1-3-5-18)14-25(21)17-8-6-15-10-11-23(26)20(15)13-17;22-17-5-4-13-2-3-14(12-15(13)17)20-8-10-21(11-9-20)16-18-6-1-7-19-16;1-11-3-6-13(7-4-11)18-14-8-5-12-10-17-16(2)15(12)9-14;1-16-15-13(11-18-16)8-5-9-14(15)17-10-12-6-3-2-4-7-12;16-14-6-3-10-1-2-12(9-13(10)14)17-11-4-7-15-8-5-11;16-14-7-6-10-4-5-11(9-12(10)14)17-13-3-1-2-8-15-13;9-6-3-1-2-5-4-11-8(10)7(5)6;/h1-9,12-14,26H,10-11H2;1-3,6-7,12,22H,4-5,8-11H2;3-9H,10H2,1-2H3;2-9H,10-11H2,1H3;1-2,4-5,7-9,16H,3,6H2;1-5,8-9,16H,6-7H2;1-3,10H,4H2;1H. The number of H-pyrrole nitrogens is 1. The summed E-state index contributed by atoms with van der Waals surface area (Å²) in [6.07, 6.45) is 18.7. The molecule has 0 radical (unpaired) electrons. The van der Waals surface area contributed by atoms with Crippen LogP contribution in [0.3, 0.4) is 0 Å². The number of aromatic amines is 1. The van der Waals surface area contributed by atoms with Gasteiger partial charge in [0, 0.05) is 115 Å². The third kappa shape index (κ3) is 23.6. The predicted octanol–water partition coefficient (Wildman–Crippen LogP) is 11.9. The van der Waals surface area contributed by atoms with Gasteiger partial charge in [-0.3, -0.25) is 0 Å². The van der Waals surface area contributed by atoms with Crippen molar-refractivity contribution in [3.8, 4) is 22.9 Å². The molecule has 1 fully saturated rings. The second kappa shape index (κ2) is 44.6. The summed E-state index contributed by atoms with van der Waals surface area (Å²) in [5, 5.41) is 52.0. The molecule has 23 rings (SSSR count). The summed E-state index contributed by atoms with van der Waals surface area (Å²) < 4.78 is 42.9. The predicted molar refractivity (Wildman–Crippen MR) is 530 cm³/mol. The number of nitrogens with zero attached hydrogens (tertiary/aromatic N) is 6. The minimum absolute atomic E-state index is 0. The van der Waals surface area contributed by atoms with Crippen LogP contribution in [0.5, 0.6) is 17.2 Å². The van der Waals surface area contributed by atoms with E-state index in [4.69, 9.17) is 40.1 Å². The third-order valence-electron chi connectivity index (χ3n) is 24.3. The molecule has 1 saturated heterocycles. The molecule has 17 nitrogen and oxygen atoms in total. The number of hydrogen-bond acceptors (Lipinski definition) is 18. The van der Waals surface area contributed by atoms with E-state index < -0.39 is 12.9 Å². The summed E-state index contributed by atoms with van der Waals surface area (Å²) >= 11 is 11.4. The SMILES string of the molecule is CB1OCc2ccc(Oc3ccc(C)cc3)cc21.CB1OCc2cccc(OCc3ccccc3)c21.OB1CCc2ccc(-n3cc(Sc4ccccc4)c4cc(Cl)ccc43)cc21.OB1CCc2ccc(N3CCN(c4ncccn4)CC3)cc21.OB1CCc2ccc(Sc3cc[nH+]cc3)cc21.OB1CCc2ccc(Sc3ccccn3)cc21.OB1OCc2cccc(F)c21.[Cl-]. The quantitative estimate of drug-likeness (QED) is 0.0641. The lowest BCUT2D eigenvalue weighted by molar-refractivity contribution is -0.378. The van der Waals surface area contributed by atoms with Gasteiger partial charge >= 0.3 is 48.6 Å². The van der Waals surface area contributed by atoms with Gasteiger partial charge in [-0.15, -0.1) is 0 Å². The lowest BCUT2D eigenvalue weighted by atomic mass is 9.63. The first-order chi connectivity index (χ1) is 63.5. The number of benzene rings is 11. The number of piperazine rings is 1. The summed E-state index contributed by atoms with van der Waals surface area (Å²) in [5.74, 6) is 3.10. The van der Waals surface area contributed by atoms with Gasteiger partial charge in [0.05, 0.1) is 25.3 Å². The van der Waals surface area contributed by atoms with Gasteiger partial charge < -0.3 is 75.3 Å². The van der Waals surface area contributed by atoms with E-state index >= 15 is 0 Å². The van der Waals surface area contributed by atoms with Crippen LogP contribution in [0.25, 0.3) is 16.6 Å². The Balaban J connectivity index is 0.000000113. The average Bonchev–Trinajstić information content (AvgIpc) is 1.61. The zero-order chi connectivity index (χ0) is 89.4. The van der Waals surface area contributed by atoms with Gasteiger partial charge in [0.25, 0.3) is 0 Å². The molecule has 11 aromatic carbocycles. The lowest BCUT2D eigenvalue weighted by Crippen LogP contribution is -3.00. The molecular weight excluding hydrogens is 1730 g/mol. The lowest BCUT2D eigenvalue weighted by Gasteiger charge is -2.36. The zero-order valence-corrected chi connectivity index (χ0v) is 77.0. The number of halogens is 3. The highest BCUT2D eigenvalue weighted by atomic mass is 35.5. The first-order valence-corrected chi connectivity index (χ1v) is 47.1. The number of aryl methyl sites for hydroxylation is 5. The number of anilines is 2. The molecule has 6 N–H and O–H groups in total. The molecule has 0 unspecified atom stereocenters. The van der Waals surface area contributed by atoms with Crippen LogP contribution in [-0.2, 0) is 66.1 Å². The number of fused-ring (bicyclic) bond motifs is 8. The number of aromatic nitrogens is 5. The highest BCUT2D eigenvalue weighted by Gasteiger charge is 2.34. The van der Waals surface area contributed by atoms with Gasteiger partial charge in [-0.1, -0.05) is 222 Å². The van der Waals surface area contributed by atoms with Gasteiger partial charge in [-0.25, -0.2) is 24.3 Å². The maximum atomic E-state index is 12.9. The van der Waals surface area contributed by atoms with Crippen molar-refractivity contribution in [3.05, 3.63) is 365 Å². The van der Waals surface area contributed by atoms with Crippen LogP contribution in [0.15, 0.2) is 334 Å². The Morgan fingerprint density at radius 3 is 1.64 bits per heavy atom. The van der Waals surface area contributed by atoms with Crippen LogP contribution in [0.1, 0.15) is 50.1 Å². The van der Waals surface area contributed by atoms with E-state index in [-0.39, 0.29) is 59.4 Å². The number of hydrogen-bond donors (Lipinski definition) is 5. The third-order valence-corrected chi connectivity index (χ3v) is 27.5. The van der Waals surface area contributed by atoms with Crippen molar-refractivity contribution in [2.24, 2.45) is 0 Å². The summed E-state index contributed by atoms with van der Waals surface area (Å²) in [6, 6.07) is 89.2. The molecule has 0 saturated carbocycles. The Labute approximate surface area is 791 Å². The Hall–Kier alpha value is -10.8. The van der Waals surface area contributed by atoms with E-state index in [2.05, 4.69) is 207 Å². The fourth-order valence-corrected chi connectivity index (χ4v) is 20.1. The smallest absolute Gasteiger partial charge is 0.494 e. The van der Waals surface area contributed by atoms with E-state index in [0.29, 0.717) is 26.4 Å². The molecule has 30 heteroatoms. The van der Waals surface area contributed by atoms with Gasteiger partial charge in [0.2, 0.25) is 5.95 Å². The van der Waals surface area contributed by atoms with Crippen LogP contribution in [0.2, 0.25) is 43.9 Å². The van der Waals surface area contributed by atoms with Crippen LogP contribution >= 0.6 is 46.9 Å². The van der Waals surface area contributed by atoms with E-state index in [1.165, 1.54) is 86.8 Å². The Kier molecular flexibility index (Phi) is 31.8. The topological polar surface area (TPSA) is 212 Å². The molecule has 0 aliphatic carbocycles. The van der Waals surface area contributed by atoms with E-state index in [1.54, 1.807) is 66.0 Å². The fourth-order valence-electron chi connectivity index (χ4n) is 17.3. The Morgan fingerprint density at radius 1 is 0.450 bits per heavy atom. The zero-order valence-electron chi connectivity index (χ0n) is 73.0. The van der Waals surface area contributed by atoms with Crippen molar-refractivity contribution in [2.75, 3.05) is 36.0 Å². The summed E-state index contributed by atoms with van der Waals surface area (Å²) in [6.45, 7) is 11.4. The average molecular weight is 1830 g/mol. The molecule has 8 aliphatic rings. The van der Waals surface area contributed by atoms with Crippen molar-refractivity contribution in [1.29, 1.82) is 0 Å². The Bertz CT molecular complexity index is 6280. The number of nitrogens with one attached hydrogen (secondary N) is 1. The minimum atomic E-state index is -1.08. The molecule has 0 amide bonds. The first kappa shape index (κ1) is 93.5. The molecule has 12 heterocycles. The normalized spacial score (nSPS) is 14.3. The number of ether oxygens (including phenoxy) is 2. The van der Waals surface area contributed by atoms with Crippen molar-refractivity contribution < 1.29 is 70.3 Å². The van der Waals surface area contributed by atoms with Gasteiger partial charge in [0.15, 0.2) is 12.4 Å². The molecule has 0 atom stereocenters. The highest BCUT2D eigenvalue weighted by molar-refractivity contribution is 8.00. The van der Waals surface area contributed by atoms with E-state index in [1.807, 2.05) is 116 Å². The summed E-state index contributed by atoms with van der Waals surface area (Å²) in [5.41, 5.74) is 21.3. The second-order valence-electron chi connectivity index (χ2n) is 33.0. The monoisotopic (exact) mass is 1830 g/mol. The molecule has 656 valence electrons. The fraction of sp³-hybridized carbons (Fsp3) is 0.188. The molecular formula is C101H97B7Cl2FN7O10S3. The van der Waals surface area contributed by atoms with Gasteiger partial charge in [0.1, 0.15) is 34.7 Å². The molecule has 0 bridgehead atoms. The van der Waals surface area contributed by atoms with Gasteiger partial charge in [-0.2, -0.15) is 0 Å². The van der Waals surface area contributed by atoms with Crippen molar-refractivity contribution in [1.82, 2.24) is 19.5 Å². The highest BCUT2D eigenvalue weighted by Crippen LogP contribution is 2.39.